The molecule has 2 aromatic carbocycles. The van der Waals surface area contributed by atoms with Gasteiger partial charge in [0.15, 0.2) is 0 Å². The zero-order valence-corrected chi connectivity index (χ0v) is 19.5. The van der Waals surface area contributed by atoms with Gasteiger partial charge in [-0.15, -0.1) is 11.3 Å². The lowest BCUT2D eigenvalue weighted by Crippen LogP contribution is -2.15. The van der Waals surface area contributed by atoms with E-state index in [-0.39, 0.29) is 4.90 Å². The Bertz CT molecular complexity index is 1250. The Hall–Kier alpha value is -3.37. The highest BCUT2D eigenvalue weighted by Crippen LogP contribution is 2.33. The first-order valence-electron chi connectivity index (χ1n) is 9.43. The maximum atomic E-state index is 12.7. The summed E-state index contributed by atoms with van der Waals surface area (Å²) >= 11 is 1.29. The number of aryl methyl sites for hydroxylation is 1. The van der Waals surface area contributed by atoms with E-state index in [4.69, 9.17) is 9.47 Å². The molecule has 1 aromatic heterocycles. The summed E-state index contributed by atoms with van der Waals surface area (Å²) in [6, 6.07) is 11.9. The van der Waals surface area contributed by atoms with Gasteiger partial charge < -0.3 is 14.8 Å². The third-order valence-corrected chi connectivity index (χ3v) is 7.29. The lowest BCUT2D eigenvalue weighted by Gasteiger charge is -2.10. The van der Waals surface area contributed by atoms with Crippen LogP contribution in [0.2, 0.25) is 0 Å². The number of hydrogen-bond donors (Lipinski definition) is 2. The Morgan fingerprint density at radius 3 is 2.12 bits per heavy atom. The second kappa shape index (κ2) is 9.41. The molecule has 0 radical (unpaired) electrons. The lowest BCUT2D eigenvalue weighted by molar-refractivity contribution is 0.0601. The van der Waals surface area contributed by atoms with Gasteiger partial charge in [-0.1, -0.05) is 0 Å². The van der Waals surface area contributed by atoms with Crippen molar-refractivity contribution in [2.24, 2.45) is 0 Å². The van der Waals surface area contributed by atoms with Gasteiger partial charge in [-0.25, -0.2) is 13.2 Å². The van der Waals surface area contributed by atoms with Crippen molar-refractivity contribution < 1.29 is 27.5 Å². The minimum Gasteiger partial charge on any atom is -0.497 e. The van der Waals surface area contributed by atoms with Crippen LogP contribution in [0.15, 0.2) is 53.4 Å². The topological polar surface area (TPSA) is 111 Å². The smallest absolute Gasteiger partial charge is 0.341 e. The van der Waals surface area contributed by atoms with E-state index < -0.39 is 21.9 Å². The van der Waals surface area contributed by atoms with Crippen LogP contribution in [-0.4, -0.2) is 34.5 Å². The van der Waals surface area contributed by atoms with Crippen molar-refractivity contribution in [3.63, 3.8) is 0 Å². The number of benzene rings is 2. The number of anilines is 2. The van der Waals surface area contributed by atoms with Crippen LogP contribution in [-0.2, 0) is 14.8 Å². The van der Waals surface area contributed by atoms with Crippen LogP contribution in [0, 0.1) is 13.8 Å². The molecule has 0 bridgehead atoms. The number of nitrogens with one attached hydrogen (secondary N) is 2. The molecule has 0 aliphatic carbocycles. The molecule has 8 nitrogen and oxygen atoms in total. The molecule has 3 aromatic rings. The van der Waals surface area contributed by atoms with Crippen LogP contribution in [0.25, 0.3) is 0 Å². The third kappa shape index (κ3) is 4.92. The Kier molecular flexibility index (Phi) is 6.85. The van der Waals surface area contributed by atoms with Gasteiger partial charge in [-0.2, -0.15) is 0 Å². The summed E-state index contributed by atoms with van der Waals surface area (Å²) in [5.41, 5.74) is 1.68. The average molecular weight is 475 g/mol. The van der Waals surface area contributed by atoms with Crippen molar-refractivity contribution >= 4 is 43.9 Å². The summed E-state index contributed by atoms with van der Waals surface area (Å²) in [5.74, 6) is -0.405. The molecule has 1 amide bonds. The van der Waals surface area contributed by atoms with Crippen LogP contribution in [0.1, 0.15) is 31.2 Å². The highest BCUT2D eigenvalue weighted by Gasteiger charge is 2.22. The molecule has 32 heavy (non-hydrogen) atoms. The highest BCUT2D eigenvalue weighted by molar-refractivity contribution is 7.92. The Balaban J connectivity index is 1.75. The molecule has 0 aliphatic heterocycles. The van der Waals surface area contributed by atoms with Gasteiger partial charge in [0, 0.05) is 16.1 Å². The van der Waals surface area contributed by atoms with Crippen molar-refractivity contribution in [3.8, 4) is 5.75 Å². The molecule has 0 fully saturated rings. The van der Waals surface area contributed by atoms with Crippen molar-refractivity contribution in [2.75, 3.05) is 24.3 Å². The number of sulfonamides is 1. The molecule has 3 rings (SSSR count). The molecule has 168 valence electrons. The first kappa shape index (κ1) is 23.3. The maximum absolute atomic E-state index is 12.7. The van der Waals surface area contributed by atoms with Crippen LogP contribution in [0.4, 0.5) is 10.7 Å². The van der Waals surface area contributed by atoms with E-state index in [1.54, 1.807) is 19.1 Å². The zero-order valence-electron chi connectivity index (χ0n) is 17.9. The number of methoxy groups -OCH3 is 2. The molecule has 10 heteroatoms. The fraction of sp³-hybridized carbons (Fsp3) is 0.182. The van der Waals surface area contributed by atoms with Crippen LogP contribution in [0.3, 0.4) is 0 Å². The summed E-state index contributed by atoms with van der Waals surface area (Å²) in [4.78, 5) is 25.7. The van der Waals surface area contributed by atoms with E-state index in [0.717, 1.165) is 10.4 Å². The Labute approximate surface area is 190 Å². The number of amides is 1. The maximum Gasteiger partial charge on any atom is 0.341 e. The Morgan fingerprint density at radius 1 is 0.938 bits per heavy atom. The Morgan fingerprint density at radius 2 is 1.56 bits per heavy atom. The van der Waals surface area contributed by atoms with E-state index >= 15 is 0 Å². The fourth-order valence-electron chi connectivity index (χ4n) is 2.90. The summed E-state index contributed by atoms with van der Waals surface area (Å²) in [5, 5.41) is 3.14. The molecule has 1 heterocycles. The number of thiophene rings is 1. The minimum absolute atomic E-state index is 0.0823. The highest BCUT2D eigenvalue weighted by atomic mass is 32.2. The van der Waals surface area contributed by atoms with E-state index in [9.17, 15) is 18.0 Å². The summed E-state index contributed by atoms with van der Waals surface area (Å²) < 4.78 is 37.4. The normalized spacial score (nSPS) is 11.0. The standard InChI is InChI=1S/C22H22N2O6S2/c1-13-14(2)31-21(19(13)22(26)30-4)23-20(25)15-5-7-16(8-6-15)24-32(27,28)18-11-9-17(29-3)10-12-18/h5-12,24H,1-4H3,(H,23,25). The first-order valence-corrected chi connectivity index (χ1v) is 11.7. The molecule has 0 spiro atoms. The van der Waals surface area contributed by atoms with Crippen LogP contribution < -0.4 is 14.8 Å². The van der Waals surface area contributed by atoms with Gasteiger partial charge in [-0.05, 0) is 67.9 Å². The fourth-order valence-corrected chi connectivity index (χ4v) is 5.00. The second-order valence-corrected chi connectivity index (χ2v) is 9.70. The molecule has 0 atom stereocenters. The summed E-state index contributed by atoms with van der Waals surface area (Å²) in [6.45, 7) is 3.64. The second-order valence-electron chi connectivity index (χ2n) is 6.79. The average Bonchev–Trinajstić information content (AvgIpc) is 3.06. The summed E-state index contributed by atoms with van der Waals surface area (Å²) in [7, 11) is -1.02. The monoisotopic (exact) mass is 474 g/mol. The van der Waals surface area contributed by atoms with Gasteiger partial charge >= 0.3 is 5.97 Å². The lowest BCUT2D eigenvalue weighted by atomic mass is 10.1. The quantitative estimate of drug-likeness (QED) is 0.496. The number of carbonyl (C=O) groups is 2. The SMILES string of the molecule is COC(=O)c1c(NC(=O)c2ccc(NS(=O)(=O)c3ccc(OC)cc3)cc2)sc(C)c1C. The van der Waals surface area contributed by atoms with Crippen molar-refractivity contribution in [1.29, 1.82) is 0 Å². The molecular weight excluding hydrogens is 452 g/mol. The van der Waals surface area contributed by atoms with Gasteiger partial charge in [0.05, 0.1) is 24.7 Å². The third-order valence-electron chi connectivity index (χ3n) is 4.77. The van der Waals surface area contributed by atoms with Crippen molar-refractivity contribution in [3.05, 3.63) is 70.1 Å². The number of carbonyl (C=O) groups excluding carboxylic acids is 2. The van der Waals surface area contributed by atoms with Crippen molar-refractivity contribution in [1.82, 2.24) is 0 Å². The van der Waals surface area contributed by atoms with E-state index in [2.05, 4.69) is 10.0 Å². The van der Waals surface area contributed by atoms with Crippen LogP contribution in [0.5, 0.6) is 5.75 Å². The molecule has 0 aliphatic rings. The van der Waals surface area contributed by atoms with Gasteiger partial charge in [0.2, 0.25) is 0 Å². The van der Waals surface area contributed by atoms with Crippen molar-refractivity contribution in [2.45, 2.75) is 18.7 Å². The largest absolute Gasteiger partial charge is 0.497 e. The molecular formula is C22H22N2O6S2. The minimum atomic E-state index is -3.80. The molecule has 0 unspecified atom stereocenters. The van der Waals surface area contributed by atoms with Gasteiger partial charge in [0.25, 0.3) is 15.9 Å². The van der Waals surface area contributed by atoms with Gasteiger partial charge in [-0.3, -0.25) is 9.52 Å². The number of rotatable bonds is 7. The molecule has 2 N–H and O–H groups in total. The summed E-state index contributed by atoms with van der Waals surface area (Å²) in [6.07, 6.45) is 0. The predicted octanol–water partition coefficient (Wildman–Crippen LogP) is 4.21. The number of ether oxygens (including phenoxy) is 2. The zero-order chi connectivity index (χ0) is 23.5. The van der Waals surface area contributed by atoms with E-state index in [1.807, 2.05) is 6.92 Å². The van der Waals surface area contributed by atoms with Crippen LogP contribution >= 0.6 is 11.3 Å². The van der Waals surface area contributed by atoms with E-state index in [0.29, 0.717) is 27.6 Å². The van der Waals surface area contributed by atoms with E-state index in [1.165, 1.54) is 62.0 Å². The molecule has 0 saturated heterocycles. The predicted molar refractivity (Wildman–Crippen MR) is 123 cm³/mol. The van der Waals surface area contributed by atoms with Gasteiger partial charge in [0.1, 0.15) is 10.8 Å². The first-order chi connectivity index (χ1) is 15.2. The number of hydrogen-bond acceptors (Lipinski definition) is 7. The number of esters is 1. The molecule has 0 saturated carbocycles.